The quantitative estimate of drug-likeness (QED) is 0.295. The van der Waals surface area contributed by atoms with E-state index in [4.69, 9.17) is 4.42 Å². The second kappa shape index (κ2) is 6.87. The monoisotopic (exact) mass is 360 g/mol. The number of furan rings is 1. The fourth-order valence-electron chi connectivity index (χ4n) is 2.91. The molecule has 0 unspecified atom stereocenters. The molecule has 134 valence electrons. The van der Waals surface area contributed by atoms with Crippen LogP contribution in [0.2, 0.25) is 0 Å². The molecule has 0 spiro atoms. The number of nitro groups is 1. The molecule has 2 aromatic carbocycles. The van der Waals surface area contributed by atoms with Gasteiger partial charge in [-0.1, -0.05) is 36.4 Å². The van der Waals surface area contributed by atoms with Gasteiger partial charge >= 0.3 is 5.88 Å². The largest absolute Gasteiger partial charge is 0.433 e. The lowest BCUT2D eigenvalue weighted by Gasteiger charge is -2.09. The molecule has 2 heterocycles. The third-order valence-electron chi connectivity index (χ3n) is 4.32. The molecule has 0 bridgehead atoms. The van der Waals surface area contributed by atoms with Crippen molar-refractivity contribution in [1.29, 1.82) is 0 Å². The molecule has 4 aromatic rings. The van der Waals surface area contributed by atoms with Crippen molar-refractivity contribution in [2.75, 3.05) is 0 Å². The first-order valence-electron chi connectivity index (χ1n) is 8.40. The number of hydrogen-bond donors (Lipinski definition) is 0. The average Bonchev–Trinajstić information content (AvgIpc) is 3.27. The van der Waals surface area contributed by atoms with E-state index in [1.165, 1.54) is 29.5 Å². The Morgan fingerprint density at radius 1 is 1.15 bits per heavy atom. The van der Waals surface area contributed by atoms with Crippen molar-refractivity contribution in [3.05, 3.63) is 87.7 Å². The molecule has 0 fully saturated rings. The van der Waals surface area contributed by atoms with Crippen LogP contribution in [0.1, 0.15) is 16.9 Å². The molecule has 0 aliphatic carbocycles. The first kappa shape index (κ1) is 16.7. The Bertz CT molecular complexity index is 1160. The molecule has 0 saturated heterocycles. The predicted octanol–water partition coefficient (Wildman–Crippen LogP) is 4.64. The van der Waals surface area contributed by atoms with Gasteiger partial charge in [0, 0.05) is 0 Å². The van der Waals surface area contributed by atoms with Crippen LogP contribution in [0.5, 0.6) is 0 Å². The highest BCUT2D eigenvalue weighted by molar-refractivity contribution is 5.82. The highest BCUT2D eigenvalue weighted by Gasteiger charge is 2.13. The van der Waals surface area contributed by atoms with E-state index in [2.05, 4.69) is 29.0 Å². The molecule has 7 nitrogen and oxygen atoms in total. The Morgan fingerprint density at radius 2 is 1.93 bits per heavy atom. The Labute approximate surface area is 154 Å². The highest BCUT2D eigenvalue weighted by Crippen LogP contribution is 2.24. The van der Waals surface area contributed by atoms with Gasteiger partial charge < -0.3 is 8.98 Å². The zero-order chi connectivity index (χ0) is 18.8. The first-order valence-corrected chi connectivity index (χ1v) is 8.40. The van der Waals surface area contributed by atoms with Gasteiger partial charge in [-0.25, -0.2) is 9.98 Å². The number of fused-ring (bicyclic) bond motifs is 1. The van der Waals surface area contributed by atoms with E-state index in [1.807, 2.05) is 41.0 Å². The number of rotatable bonds is 5. The number of para-hydroxylation sites is 2. The van der Waals surface area contributed by atoms with Crippen LogP contribution in [0.3, 0.4) is 0 Å². The molecule has 4 rings (SSSR count). The topological polar surface area (TPSA) is 86.5 Å². The van der Waals surface area contributed by atoms with Crippen LogP contribution in [0, 0.1) is 17.0 Å². The summed E-state index contributed by atoms with van der Waals surface area (Å²) >= 11 is 0. The number of hydrogen-bond acceptors (Lipinski definition) is 5. The average molecular weight is 360 g/mol. The van der Waals surface area contributed by atoms with Crippen LogP contribution < -0.4 is 0 Å². The van der Waals surface area contributed by atoms with E-state index in [9.17, 15) is 10.1 Å². The molecule has 0 atom stereocenters. The van der Waals surface area contributed by atoms with E-state index >= 15 is 0 Å². The van der Waals surface area contributed by atoms with Crippen molar-refractivity contribution in [2.45, 2.75) is 13.5 Å². The van der Waals surface area contributed by atoms with E-state index in [0.29, 0.717) is 18.3 Å². The molecule has 27 heavy (non-hydrogen) atoms. The third-order valence-corrected chi connectivity index (χ3v) is 4.32. The molecule has 0 saturated carbocycles. The normalized spacial score (nSPS) is 11.4. The standard InChI is InChI=1S/C20H16N4O3/c1-14-6-2-3-7-15(14)13-23-18-9-5-4-8-17(18)22-20(23)21-12-16-10-11-19(27-16)24(25)26/h2-12H,13H2,1H3/b21-12+. The minimum atomic E-state index is -0.579. The zero-order valence-electron chi connectivity index (χ0n) is 14.6. The van der Waals surface area contributed by atoms with Gasteiger partial charge in [-0.15, -0.1) is 0 Å². The maximum Gasteiger partial charge on any atom is 0.433 e. The molecule has 7 heteroatoms. The van der Waals surface area contributed by atoms with Gasteiger partial charge in [-0.2, -0.15) is 0 Å². The van der Waals surface area contributed by atoms with Gasteiger partial charge in [0.2, 0.25) is 5.95 Å². The fourth-order valence-corrected chi connectivity index (χ4v) is 2.91. The number of aliphatic imine (C=N–C) groups is 1. The first-order chi connectivity index (χ1) is 13.1. The second-order valence-corrected chi connectivity index (χ2v) is 6.10. The van der Waals surface area contributed by atoms with Crippen LogP contribution in [0.4, 0.5) is 11.8 Å². The van der Waals surface area contributed by atoms with Gasteiger partial charge in [0.1, 0.15) is 4.92 Å². The van der Waals surface area contributed by atoms with Crippen LogP contribution in [0.15, 0.2) is 70.1 Å². The minimum absolute atomic E-state index is 0.302. The summed E-state index contributed by atoms with van der Waals surface area (Å²) < 4.78 is 7.15. The lowest BCUT2D eigenvalue weighted by Crippen LogP contribution is -2.01. The maximum absolute atomic E-state index is 10.7. The van der Waals surface area contributed by atoms with Crippen LogP contribution >= 0.6 is 0 Å². The Balaban J connectivity index is 1.74. The molecule has 0 aliphatic rings. The summed E-state index contributed by atoms with van der Waals surface area (Å²) in [7, 11) is 0. The van der Waals surface area contributed by atoms with Crippen molar-refractivity contribution in [1.82, 2.24) is 9.55 Å². The van der Waals surface area contributed by atoms with Gasteiger partial charge in [0.15, 0.2) is 5.76 Å². The predicted molar refractivity (Wildman–Crippen MR) is 103 cm³/mol. The van der Waals surface area contributed by atoms with E-state index in [0.717, 1.165) is 11.0 Å². The van der Waals surface area contributed by atoms with Crippen molar-refractivity contribution < 1.29 is 9.34 Å². The van der Waals surface area contributed by atoms with Crippen LogP contribution in [-0.4, -0.2) is 20.7 Å². The minimum Gasteiger partial charge on any atom is -0.400 e. The third kappa shape index (κ3) is 3.35. The van der Waals surface area contributed by atoms with Gasteiger partial charge in [-0.05, 0) is 36.2 Å². The summed E-state index contributed by atoms with van der Waals surface area (Å²) in [6.45, 7) is 2.69. The SMILES string of the molecule is Cc1ccccc1Cn1c(/N=C/c2ccc([N+](=O)[O-])o2)nc2ccccc21. The molecule has 0 radical (unpaired) electrons. The fraction of sp³-hybridized carbons (Fsp3) is 0.100. The second-order valence-electron chi connectivity index (χ2n) is 6.10. The number of benzene rings is 2. The Morgan fingerprint density at radius 3 is 2.70 bits per heavy atom. The molecule has 2 aromatic heterocycles. The number of nitrogens with zero attached hydrogens (tertiary/aromatic N) is 4. The lowest BCUT2D eigenvalue weighted by atomic mass is 10.1. The van der Waals surface area contributed by atoms with Gasteiger partial charge in [0.25, 0.3) is 0 Å². The summed E-state index contributed by atoms with van der Waals surface area (Å²) in [6, 6.07) is 18.8. The molecule has 0 amide bonds. The molecule has 0 aliphatic heterocycles. The van der Waals surface area contributed by atoms with Crippen molar-refractivity contribution in [2.24, 2.45) is 4.99 Å². The lowest BCUT2D eigenvalue weighted by molar-refractivity contribution is -0.402. The van der Waals surface area contributed by atoms with Crippen LogP contribution in [-0.2, 0) is 6.54 Å². The smallest absolute Gasteiger partial charge is 0.400 e. The summed E-state index contributed by atoms with van der Waals surface area (Å²) in [5.74, 6) is 0.500. The maximum atomic E-state index is 10.7. The van der Waals surface area contributed by atoms with Crippen LogP contribution in [0.25, 0.3) is 11.0 Å². The van der Waals surface area contributed by atoms with Crippen molar-refractivity contribution in [3.63, 3.8) is 0 Å². The molecule has 0 N–H and O–H groups in total. The van der Waals surface area contributed by atoms with E-state index < -0.39 is 4.92 Å². The van der Waals surface area contributed by atoms with Crippen molar-refractivity contribution in [3.8, 4) is 0 Å². The van der Waals surface area contributed by atoms with Gasteiger partial charge in [-0.3, -0.25) is 10.1 Å². The summed E-state index contributed by atoms with van der Waals surface area (Å²) in [5, 5.41) is 10.7. The summed E-state index contributed by atoms with van der Waals surface area (Å²) in [4.78, 5) is 19.2. The van der Waals surface area contributed by atoms with Gasteiger partial charge in [0.05, 0.1) is 29.9 Å². The Kier molecular flexibility index (Phi) is 4.25. The number of aryl methyl sites for hydroxylation is 1. The van der Waals surface area contributed by atoms with E-state index in [-0.39, 0.29) is 5.88 Å². The number of aromatic nitrogens is 2. The highest BCUT2D eigenvalue weighted by atomic mass is 16.6. The zero-order valence-corrected chi connectivity index (χ0v) is 14.6. The Hall–Kier alpha value is -3.74. The molecular formula is C20H16N4O3. The van der Waals surface area contributed by atoms with Crippen molar-refractivity contribution >= 4 is 29.1 Å². The molecular weight excluding hydrogens is 344 g/mol. The van der Waals surface area contributed by atoms with E-state index in [1.54, 1.807) is 0 Å². The summed E-state index contributed by atoms with van der Waals surface area (Å²) in [6.07, 6.45) is 1.45. The summed E-state index contributed by atoms with van der Waals surface area (Å²) in [5.41, 5.74) is 4.17. The number of imidazole rings is 1.